The first-order chi connectivity index (χ1) is 37.2. The highest BCUT2D eigenvalue weighted by Crippen LogP contribution is 2.24. The number of amides is 7. The van der Waals surface area contributed by atoms with Crippen LogP contribution in [-0.4, -0.2) is 147 Å². The molecule has 384 valence electrons. The van der Waals surface area contributed by atoms with Gasteiger partial charge in [0.1, 0.15) is 36.3 Å². The van der Waals surface area contributed by atoms with Crippen molar-refractivity contribution in [3.05, 3.63) is 108 Å². The van der Waals surface area contributed by atoms with Crippen LogP contribution in [0.15, 0.2) is 91.0 Å². The number of carbonyl (C=O) groups excluding carboxylic acids is 7. The first-order valence-corrected chi connectivity index (χ1v) is 25.2. The van der Waals surface area contributed by atoms with Crippen molar-refractivity contribution in [1.82, 2.24) is 42.2 Å². The van der Waals surface area contributed by atoms with E-state index in [1.807, 2.05) is 0 Å². The van der Waals surface area contributed by atoms with Crippen molar-refractivity contribution in [3.8, 4) is 0 Å². The van der Waals surface area contributed by atoms with Crippen molar-refractivity contribution < 1.29 is 59.8 Å². The number of carbonyl (C=O) groups is 7. The third kappa shape index (κ3) is 17.1. The Bertz CT molecular complexity index is 2810. The number of fused-ring (bicyclic) bond motifs is 1. The molecule has 4 aromatic rings. The Hall–Kier alpha value is -6.01. The summed E-state index contributed by atoms with van der Waals surface area (Å²) in [5.41, 5.74) is 12.5. The number of benzene rings is 3. The number of nitrogens with two attached hydrogens (primary N) is 2. The van der Waals surface area contributed by atoms with Crippen LogP contribution < -0.4 is 48.7 Å². The smallest absolute Gasteiger partial charge is 0.245 e. The van der Waals surface area contributed by atoms with Gasteiger partial charge >= 0.3 is 0 Å². The molecule has 7 amide bonds. The number of aromatic amines is 1. The SMILES string of the molecule is [2H]c1c([2H])c([2H])c(C([2H])([2H])C([2H])(N)C(=O)NC2CSSCC(C(=O)NC(CO)C(C)O)NC(=O)C(C(C)O)NC(=O)C(CCCCN)NC(=O)C(Cc3c[nH]c4ccccc34)NC(=O)C(Cc3ccccc3)NC2=O)c([2H])c1[2H]. The number of para-hydroxylation sites is 1. The fourth-order valence-electron chi connectivity index (χ4n) is 7.23. The lowest BCUT2D eigenvalue weighted by Crippen LogP contribution is -2.62. The van der Waals surface area contributed by atoms with Gasteiger partial charge in [-0.05, 0) is 68.8 Å². The Balaban J connectivity index is 1.64. The molecule has 0 radical (unpaired) electrons. The van der Waals surface area contributed by atoms with Gasteiger partial charge in [-0.25, -0.2) is 0 Å². The van der Waals surface area contributed by atoms with Crippen LogP contribution in [0.1, 0.15) is 60.8 Å². The number of hydrogen-bond donors (Lipinski definition) is 13. The molecule has 1 aromatic heterocycles. The normalized spacial score (nSPS) is 25.1. The number of aliphatic hydroxyl groups excluding tert-OH is 3. The van der Waals surface area contributed by atoms with E-state index in [4.69, 9.17) is 22.4 Å². The Morgan fingerprint density at radius 2 is 1.44 bits per heavy atom. The molecule has 1 saturated heterocycles. The van der Waals surface area contributed by atoms with Gasteiger partial charge in [0, 0.05) is 44.2 Å². The predicted molar refractivity (Wildman–Crippen MR) is 272 cm³/mol. The maximum Gasteiger partial charge on any atom is 0.245 e. The monoisotopic (exact) mass is 1030 g/mol. The van der Waals surface area contributed by atoms with Crippen LogP contribution in [0.2, 0.25) is 0 Å². The molecule has 3 aromatic carbocycles. The van der Waals surface area contributed by atoms with Gasteiger partial charge in [0.15, 0.2) is 0 Å². The lowest BCUT2D eigenvalue weighted by atomic mass is 10.0. The molecule has 1 aliphatic heterocycles. The van der Waals surface area contributed by atoms with Crippen LogP contribution in [-0.2, 0) is 52.8 Å². The highest BCUT2D eigenvalue weighted by molar-refractivity contribution is 8.76. The zero-order valence-electron chi connectivity index (χ0n) is 47.0. The molecule has 1 fully saturated rings. The van der Waals surface area contributed by atoms with E-state index in [0.29, 0.717) is 28.5 Å². The summed E-state index contributed by atoms with van der Waals surface area (Å²) in [5.74, 6) is -8.69. The zero-order chi connectivity index (χ0) is 58.5. The second-order valence-corrected chi connectivity index (χ2v) is 19.2. The van der Waals surface area contributed by atoms with Gasteiger partial charge in [-0.3, -0.25) is 33.6 Å². The molecular weight excluding hydrogens is 953 g/mol. The third-order valence-corrected chi connectivity index (χ3v) is 13.6. The van der Waals surface area contributed by atoms with Gasteiger partial charge in [-0.15, -0.1) is 0 Å². The molecule has 10 atom stereocenters. The fraction of sp³-hybridized carbons (Fsp3) is 0.449. The van der Waals surface area contributed by atoms with Crippen molar-refractivity contribution in [2.24, 2.45) is 11.5 Å². The average molecular weight is 1030 g/mol. The highest BCUT2D eigenvalue weighted by atomic mass is 33.1. The lowest BCUT2D eigenvalue weighted by Gasteiger charge is -2.29. The third-order valence-electron chi connectivity index (χ3n) is 11.2. The average Bonchev–Trinajstić information content (AvgIpc) is 3.84. The zero-order valence-corrected chi connectivity index (χ0v) is 40.6. The van der Waals surface area contributed by atoms with Gasteiger partial charge < -0.3 is 69.0 Å². The van der Waals surface area contributed by atoms with Crippen LogP contribution in [0, 0.1) is 0 Å². The summed E-state index contributed by atoms with van der Waals surface area (Å²) in [6, 6.07) is -4.26. The summed E-state index contributed by atoms with van der Waals surface area (Å²) in [6.45, 7) is 1.92. The number of unbranched alkanes of at least 4 members (excludes halogenated alkanes) is 1. The first kappa shape index (κ1) is 44.9. The number of H-pyrrole nitrogens is 1. The maximum absolute atomic E-state index is 14.8. The van der Waals surface area contributed by atoms with Crippen molar-refractivity contribution in [3.63, 3.8) is 0 Å². The summed E-state index contributed by atoms with van der Waals surface area (Å²) in [6.07, 6.45) is -4.70. The molecule has 0 spiro atoms. The molecule has 5 rings (SSSR count). The molecule has 10 unspecified atom stereocenters. The minimum atomic E-state index is -3.56. The first-order valence-electron chi connectivity index (χ1n) is 26.7. The molecule has 22 heteroatoms. The van der Waals surface area contributed by atoms with E-state index in [2.05, 4.69) is 42.2 Å². The quantitative estimate of drug-likeness (QED) is 0.0455. The van der Waals surface area contributed by atoms with Crippen LogP contribution in [0.25, 0.3) is 10.9 Å². The van der Waals surface area contributed by atoms with E-state index in [-0.39, 0.29) is 32.2 Å². The molecule has 2 heterocycles. The van der Waals surface area contributed by atoms with Crippen LogP contribution >= 0.6 is 21.6 Å². The van der Waals surface area contributed by atoms with Gasteiger partial charge in [0.25, 0.3) is 0 Å². The van der Waals surface area contributed by atoms with Crippen molar-refractivity contribution in [2.75, 3.05) is 24.7 Å². The summed E-state index contributed by atoms with van der Waals surface area (Å²) in [4.78, 5) is 104. The maximum atomic E-state index is 14.8. The fourth-order valence-corrected chi connectivity index (χ4v) is 9.56. The summed E-state index contributed by atoms with van der Waals surface area (Å²) in [7, 11) is 1.56. The van der Waals surface area contributed by atoms with Crippen molar-refractivity contribution >= 4 is 73.8 Å². The minimum absolute atomic E-state index is 0.0518. The Labute approximate surface area is 431 Å². The molecule has 15 N–H and O–H groups in total. The standard InChI is InChI=1S/C49H66N10O10S2/c1-28(61)39(25-60)56-48(68)41-27-71-70-26-40(57-43(63)34(51)21-30-13-5-3-6-14-30)47(67)54-37(22-31-15-7-4-8-16-31)45(65)55-38(23-32-24-52-35-18-10-9-17-33(32)35)46(66)53-36(19-11-12-20-50)44(64)59-42(29(2)62)49(69)58-41/h3-10,13-18,24,28-29,34,36-42,52,60-62H,11-12,19-23,25-27,50-51H2,1-2H3,(H,53,66)(H,54,67)(H,55,65)(H,56,68)(H,57,63)(H,58,69)(H,59,64)/i3D,5D,6D,13D,14D,21D2,34D. The summed E-state index contributed by atoms with van der Waals surface area (Å²) < 4.78 is 67.5. The number of aliphatic hydroxyl groups is 3. The van der Waals surface area contributed by atoms with Crippen LogP contribution in [0.4, 0.5) is 0 Å². The van der Waals surface area contributed by atoms with Gasteiger partial charge in [-0.1, -0.05) is 100 Å². The van der Waals surface area contributed by atoms with E-state index in [1.165, 1.54) is 13.8 Å². The van der Waals surface area contributed by atoms with E-state index in [9.17, 15) is 48.9 Å². The number of hydrogen-bond acceptors (Lipinski definition) is 14. The lowest BCUT2D eigenvalue weighted by molar-refractivity contribution is -0.136. The van der Waals surface area contributed by atoms with Gasteiger partial charge in [0.05, 0.1) is 39.1 Å². The molecule has 20 nitrogen and oxygen atoms in total. The molecule has 0 bridgehead atoms. The Kier molecular flexibility index (Phi) is 17.8. The minimum Gasteiger partial charge on any atom is -0.394 e. The summed E-state index contributed by atoms with van der Waals surface area (Å²) in [5, 5.41) is 49.3. The van der Waals surface area contributed by atoms with Gasteiger partial charge in [0.2, 0.25) is 41.4 Å². The molecule has 1 aliphatic rings. The highest BCUT2D eigenvalue weighted by Gasteiger charge is 2.36. The molecule has 0 saturated carbocycles. The Morgan fingerprint density at radius 3 is 2.11 bits per heavy atom. The van der Waals surface area contributed by atoms with E-state index in [0.717, 1.165) is 21.6 Å². The van der Waals surface area contributed by atoms with Crippen LogP contribution in [0.3, 0.4) is 0 Å². The number of rotatable bonds is 17. The van der Waals surface area contributed by atoms with E-state index in [1.54, 1.807) is 60.8 Å². The molecule has 71 heavy (non-hydrogen) atoms. The number of nitrogens with one attached hydrogen (secondary N) is 8. The predicted octanol–water partition coefficient (Wildman–Crippen LogP) is -0.805. The van der Waals surface area contributed by atoms with Crippen molar-refractivity contribution in [1.29, 1.82) is 0 Å². The van der Waals surface area contributed by atoms with E-state index >= 15 is 0 Å². The van der Waals surface area contributed by atoms with Crippen LogP contribution in [0.5, 0.6) is 0 Å². The molecular formula is C49H66N10O10S2. The topological polar surface area (TPSA) is 332 Å². The van der Waals surface area contributed by atoms with Crippen molar-refractivity contribution in [2.45, 2.75) is 113 Å². The number of aromatic nitrogens is 1. The summed E-state index contributed by atoms with van der Waals surface area (Å²) >= 11 is 0. The second-order valence-electron chi connectivity index (χ2n) is 16.7. The van der Waals surface area contributed by atoms with Gasteiger partial charge in [-0.2, -0.15) is 0 Å². The largest absolute Gasteiger partial charge is 0.394 e. The molecule has 0 aliphatic carbocycles. The van der Waals surface area contributed by atoms with E-state index < -0.39 is 162 Å². The second kappa shape index (κ2) is 28.1. The Morgan fingerprint density at radius 1 is 0.803 bits per heavy atom.